The summed E-state index contributed by atoms with van der Waals surface area (Å²) in [6, 6.07) is 15.9. The Morgan fingerprint density at radius 2 is 2.05 bits per heavy atom. The molecule has 2 atom stereocenters. The van der Waals surface area contributed by atoms with Crippen molar-refractivity contribution in [2.24, 2.45) is 0 Å². The van der Waals surface area contributed by atoms with Gasteiger partial charge in [-0.3, -0.25) is 4.90 Å². The van der Waals surface area contributed by atoms with Crippen LogP contribution in [-0.2, 0) is 6.54 Å². The average molecular weight is 307 g/mol. The number of nitrogens with zero attached hydrogens (tertiary/aromatic N) is 1. The van der Waals surface area contributed by atoms with Crippen molar-refractivity contribution in [1.82, 2.24) is 10.2 Å². The van der Waals surface area contributed by atoms with Gasteiger partial charge in [-0.1, -0.05) is 41.9 Å². The molecular formula is C16H19ClN2S. The quantitative estimate of drug-likeness (QED) is 0.924. The monoisotopic (exact) mass is 306 g/mol. The van der Waals surface area contributed by atoms with E-state index in [1.54, 1.807) is 11.3 Å². The van der Waals surface area contributed by atoms with Gasteiger partial charge in [0.15, 0.2) is 0 Å². The van der Waals surface area contributed by atoms with Crippen molar-refractivity contribution in [2.45, 2.75) is 25.6 Å². The van der Waals surface area contributed by atoms with E-state index in [-0.39, 0.29) is 0 Å². The van der Waals surface area contributed by atoms with Crippen molar-refractivity contribution in [1.29, 1.82) is 0 Å². The number of hydrogen-bond acceptors (Lipinski definition) is 3. The molecule has 106 valence electrons. The highest BCUT2D eigenvalue weighted by molar-refractivity contribution is 7.16. The highest BCUT2D eigenvalue weighted by Crippen LogP contribution is 2.29. The summed E-state index contributed by atoms with van der Waals surface area (Å²) in [6.07, 6.45) is 0. The van der Waals surface area contributed by atoms with Crippen LogP contribution in [0.4, 0.5) is 0 Å². The van der Waals surface area contributed by atoms with Gasteiger partial charge in [0, 0.05) is 36.6 Å². The van der Waals surface area contributed by atoms with Gasteiger partial charge in [0.25, 0.3) is 0 Å². The van der Waals surface area contributed by atoms with Crippen molar-refractivity contribution in [3.8, 4) is 0 Å². The first-order chi connectivity index (χ1) is 9.72. The molecule has 0 spiro atoms. The zero-order valence-corrected chi connectivity index (χ0v) is 13.1. The van der Waals surface area contributed by atoms with Crippen molar-refractivity contribution < 1.29 is 0 Å². The maximum absolute atomic E-state index is 6.05. The fourth-order valence-corrected chi connectivity index (χ4v) is 3.91. The zero-order chi connectivity index (χ0) is 13.9. The second-order valence-corrected chi connectivity index (χ2v) is 7.17. The van der Waals surface area contributed by atoms with Gasteiger partial charge in [-0.2, -0.15) is 0 Å². The Hall–Kier alpha value is -0.870. The van der Waals surface area contributed by atoms with Crippen molar-refractivity contribution >= 4 is 22.9 Å². The fraction of sp³-hybridized carbons (Fsp3) is 0.375. The summed E-state index contributed by atoms with van der Waals surface area (Å²) in [5.41, 5.74) is 1.38. The molecule has 2 heterocycles. The van der Waals surface area contributed by atoms with E-state index in [1.807, 2.05) is 6.07 Å². The Morgan fingerprint density at radius 1 is 1.25 bits per heavy atom. The van der Waals surface area contributed by atoms with E-state index >= 15 is 0 Å². The summed E-state index contributed by atoms with van der Waals surface area (Å²) < 4.78 is 0.874. The fourth-order valence-electron chi connectivity index (χ4n) is 2.80. The van der Waals surface area contributed by atoms with Gasteiger partial charge < -0.3 is 5.32 Å². The van der Waals surface area contributed by atoms with Crippen LogP contribution in [0, 0.1) is 0 Å². The van der Waals surface area contributed by atoms with Crippen LogP contribution >= 0.6 is 22.9 Å². The van der Waals surface area contributed by atoms with Gasteiger partial charge in [-0.15, -0.1) is 11.3 Å². The molecule has 2 nitrogen and oxygen atoms in total. The summed E-state index contributed by atoms with van der Waals surface area (Å²) >= 11 is 7.73. The van der Waals surface area contributed by atoms with E-state index in [4.69, 9.17) is 11.6 Å². The molecular weight excluding hydrogens is 288 g/mol. The highest BCUT2D eigenvalue weighted by atomic mass is 35.5. The number of rotatable bonds is 3. The molecule has 0 bridgehead atoms. The van der Waals surface area contributed by atoms with E-state index in [9.17, 15) is 0 Å². The summed E-state index contributed by atoms with van der Waals surface area (Å²) in [5, 5.41) is 3.59. The predicted molar refractivity (Wildman–Crippen MR) is 86.4 cm³/mol. The molecule has 0 amide bonds. The number of hydrogen-bond donors (Lipinski definition) is 1. The Labute approximate surface area is 129 Å². The SMILES string of the molecule is CC1CN(Cc2ccc(Cl)s2)C(c2ccccc2)CN1. The Balaban J connectivity index is 1.80. The minimum atomic E-state index is 0.438. The summed E-state index contributed by atoms with van der Waals surface area (Å²) in [7, 11) is 0. The van der Waals surface area contributed by atoms with Crippen molar-refractivity contribution in [2.75, 3.05) is 13.1 Å². The largest absolute Gasteiger partial charge is 0.311 e. The smallest absolute Gasteiger partial charge is 0.0931 e. The van der Waals surface area contributed by atoms with E-state index < -0.39 is 0 Å². The number of nitrogens with one attached hydrogen (secondary N) is 1. The van der Waals surface area contributed by atoms with Crippen LogP contribution in [0.5, 0.6) is 0 Å². The van der Waals surface area contributed by atoms with Crippen molar-refractivity contribution in [3.05, 3.63) is 57.2 Å². The molecule has 0 saturated carbocycles. The molecule has 3 rings (SSSR count). The minimum Gasteiger partial charge on any atom is -0.311 e. The summed E-state index contributed by atoms with van der Waals surface area (Å²) in [5.74, 6) is 0. The zero-order valence-electron chi connectivity index (χ0n) is 11.6. The lowest BCUT2D eigenvalue weighted by Crippen LogP contribution is -2.50. The van der Waals surface area contributed by atoms with E-state index in [0.29, 0.717) is 12.1 Å². The van der Waals surface area contributed by atoms with Crippen LogP contribution in [-0.4, -0.2) is 24.0 Å². The number of piperazine rings is 1. The lowest BCUT2D eigenvalue weighted by Gasteiger charge is -2.39. The van der Waals surface area contributed by atoms with Crippen LogP contribution in [0.1, 0.15) is 23.4 Å². The molecule has 1 fully saturated rings. The molecule has 1 aromatic heterocycles. The van der Waals surface area contributed by atoms with Gasteiger partial charge >= 0.3 is 0 Å². The second kappa shape index (κ2) is 6.27. The van der Waals surface area contributed by atoms with Crippen LogP contribution in [0.15, 0.2) is 42.5 Å². The second-order valence-electron chi connectivity index (χ2n) is 5.37. The minimum absolute atomic E-state index is 0.438. The Bertz CT molecular complexity index is 555. The Morgan fingerprint density at radius 3 is 2.75 bits per heavy atom. The summed E-state index contributed by atoms with van der Waals surface area (Å²) in [6.45, 7) is 5.29. The van der Waals surface area contributed by atoms with Crippen molar-refractivity contribution in [3.63, 3.8) is 0 Å². The number of benzene rings is 1. The molecule has 1 aromatic carbocycles. The molecule has 2 aromatic rings. The van der Waals surface area contributed by atoms with E-state index in [0.717, 1.165) is 24.0 Å². The molecule has 1 aliphatic rings. The van der Waals surface area contributed by atoms with Crippen LogP contribution in [0.2, 0.25) is 4.34 Å². The van der Waals surface area contributed by atoms with Crippen LogP contribution in [0.25, 0.3) is 0 Å². The third-order valence-electron chi connectivity index (χ3n) is 3.78. The lowest BCUT2D eigenvalue weighted by atomic mass is 10.0. The topological polar surface area (TPSA) is 15.3 Å². The first kappa shape index (κ1) is 14.1. The van der Waals surface area contributed by atoms with Crippen LogP contribution in [0.3, 0.4) is 0 Å². The summed E-state index contributed by atoms with van der Waals surface area (Å²) in [4.78, 5) is 3.89. The normalized spacial score (nSPS) is 23.9. The van der Waals surface area contributed by atoms with E-state index in [2.05, 4.69) is 53.5 Å². The average Bonchev–Trinajstić information content (AvgIpc) is 2.85. The first-order valence-electron chi connectivity index (χ1n) is 6.99. The van der Waals surface area contributed by atoms with E-state index in [1.165, 1.54) is 10.4 Å². The molecule has 0 radical (unpaired) electrons. The lowest BCUT2D eigenvalue weighted by molar-refractivity contribution is 0.129. The van der Waals surface area contributed by atoms with Crippen LogP contribution < -0.4 is 5.32 Å². The first-order valence-corrected chi connectivity index (χ1v) is 8.18. The molecule has 0 aliphatic carbocycles. The van der Waals surface area contributed by atoms with Gasteiger partial charge in [-0.05, 0) is 24.6 Å². The third-order valence-corrected chi connectivity index (χ3v) is 5.00. The Kier molecular flexibility index (Phi) is 4.41. The molecule has 2 unspecified atom stereocenters. The van der Waals surface area contributed by atoms with Gasteiger partial charge in [0.1, 0.15) is 0 Å². The molecule has 1 saturated heterocycles. The van der Waals surface area contributed by atoms with Gasteiger partial charge in [0.2, 0.25) is 0 Å². The third kappa shape index (κ3) is 3.23. The maximum Gasteiger partial charge on any atom is 0.0931 e. The van der Waals surface area contributed by atoms with Gasteiger partial charge in [0.05, 0.1) is 4.34 Å². The molecule has 20 heavy (non-hydrogen) atoms. The maximum atomic E-state index is 6.05. The number of thiophene rings is 1. The molecule has 1 aliphatic heterocycles. The number of halogens is 1. The highest BCUT2D eigenvalue weighted by Gasteiger charge is 2.27. The van der Waals surface area contributed by atoms with Gasteiger partial charge in [-0.25, -0.2) is 0 Å². The predicted octanol–water partition coefficient (Wildman–Crippen LogP) is 3.94. The standard InChI is InChI=1S/C16H19ClN2S/c1-12-10-19(11-14-7-8-16(17)20-14)15(9-18-12)13-5-3-2-4-6-13/h2-8,12,15,18H,9-11H2,1H3. The molecule has 4 heteroatoms. The molecule has 1 N–H and O–H groups in total.